The van der Waals surface area contributed by atoms with Crippen molar-refractivity contribution in [1.29, 1.82) is 0 Å². The Morgan fingerprint density at radius 3 is 1.60 bits per heavy atom. The Labute approximate surface area is 42.0 Å². The second-order valence-corrected chi connectivity index (χ2v) is 0.316. The second kappa shape index (κ2) is 26.2. The van der Waals surface area contributed by atoms with Gasteiger partial charge < -0.3 is 5.48 Å². The van der Waals surface area contributed by atoms with Crippen molar-refractivity contribution in [2.45, 2.75) is 0 Å². The van der Waals surface area contributed by atoms with E-state index in [1.54, 1.807) is 0 Å². The third kappa shape index (κ3) is 170. The molecule has 0 aliphatic rings. The van der Waals surface area contributed by atoms with Gasteiger partial charge in [-0.15, -0.1) is 12.4 Å². The first kappa shape index (κ1) is 18.2. The van der Waals surface area contributed by atoms with Crippen LogP contribution in [0.1, 0.15) is 0 Å². The van der Waals surface area contributed by atoms with Crippen LogP contribution >= 0.6 is 12.4 Å². The van der Waals surface area contributed by atoms with Crippen LogP contribution in [0.3, 0.4) is 0 Å². The third-order valence-corrected chi connectivity index (χ3v) is 0. The van der Waals surface area contributed by atoms with Crippen LogP contribution in [0.15, 0.2) is 0 Å². The first-order valence-electron chi connectivity index (χ1n) is 0.494. The Bertz CT molecular complexity index is 14.4. The van der Waals surface area contributed by atoms with Gasteiger partial charge in [0, 0.05) is 0 Å². The van der Waals surface area contributed by atoms with E-state index in [0.29, 0.717) is 0 Å². The van der Waals surface area contributed by atoms with Gasteiger partial charge in [-0.05, 0) is 0 Å². The fraction of sp³-hybridized carbons (Fsp3) is 0. The molecule has 0 fully saturated rings. The molecule has 5 heteroatoms. The summed E-state index contributed by atoms with van der Waals surface area (Å²) in [5, 5.41) is 0. The van der Waals surface area contributed by atoms with Gasteiger partial charge in [-0.1, -0.05) is 0 Å². The zero-order chi connectivity index (χ0) is 2.71. The molecule has 0 radical (unpaired) electrons. The van der Waals surface area contributed by atoms with Gasteiger partial charge in [0.25, 0.3) is 0 Å². The molecule has 3 N–H and O–H groups in total. The molecular formula is H4AlClO3. The van der Waals surface area contributed by atoms with E-state index in [-0.39, 0.29) is 17.9 Å². The third-order valence-electron chi connectivity index (χ3n) is 0. The van der Waals surface area contributed by atoms with Crippen molar-refractivity contribution in [1.82, 2.24) is 0 Å². The molecule has 0 saturated carbocycles. The molecule has 0 aliphatic heterocycles. The van der Waals surface area contributed by atoms with Crippen LogP contribution in [-0.2, 0) is 3.80 Å². The Balaban J connectivity index is -0.0000000200. The molecule has 0 atom stereocenters. The molecule has 0 aromatic heterocycles. The fourth-order valence-corrected chi connectivity index (χ4v) is 0. The van der Waals surface area contributed by atoms with E-state index in [1.165, 1.54) is 0 Å². The van der Waals surface area contributed by atoms with E-state index < -0.39 is 15.5 Å². The SMILES string of the molecule is Cl.O.[O]=[Al][OH]. The van der Waals surface area contributed by atoms with Gasteiger partial charge in [0.05, 0.1) is 0 Å². The monoisotopic (exact) mass is 114 g/mol. The second-order valence-electron chi connectivity index (χ2n) is 0.105. The molecule has 0 spiro atoms. The molecule has 0 bridgehead atoms. The van der Waals surface area contributed by atoms with Crippen LogP contribution in [0.25, 0.3) is 0 Å². The van der Waals surface area contributed by atoms with Crippen molar-refractivity contribution in [2.75, 3.05) is 0 Å². The molecule has 0 unspecified atom stereocenters. The summed E-state index contributed by atoms with van der Waals surface area (Å²) in [6.45, 7) is 0. The average molecular weight is 114 g/mol. The van der Waals surface area contributed by atoms with Crippen LogP contribution in [-0.4, -0.2) is 25.1 Å². The Kier molecular flexibility index (Phi) is 95.6. The van der Waals surface area contributed by atoms with Gasteiger partial charge in [-0.25, -0.2) is 0 Å². The number of halogens is 1. The van der Waals surface area contributed by atoms with E-state index in [0.717, 1.165) is 0 Å². The topological polar surface area (TPSA) is 68.8 Å². The Morgan fingerprint density at radius 1 is 1.60 bits per heavy atom. The summed E-state index contributed by atoms with van der Waals surface area (Å²) in [4.78, 5) is 0. The minimum atomic E-state index is -1.50. The van der Waals surface area contributed by atoms with Gasteiger partial charge in [-0.2, -0.15) is 0 Å². The van der Waals surface area contributed by atoms with Gasteiger partial charge in [0.1, 0.15) is 0 Å². The molecule has 5 heavy (non-hydrogen) atoms. The number of hydrogen-bond donors (Lipinski definition) is 1. The Hall–Kier alpha value is 0.382. The Morgan fingerprint density at radius 2 is 1.60 bits per heavy atom. The van der Waals surface area contributed by atoms with Crippen molar-refractivity contribution in [3.8, 4) is 0 Å². The van der Waals surface area contributed by atoms with Crippen LogP contribution in [0, 0.1) is 0 Å². The van der Waals surface area contributed by atoms with Gasteiger partial charge in [-0.3, -0.25) is 0 Å². The molecule has 3 nitrogen and oxygen atoms in total. The van der Waals surface area contributed by atoms with Crippen LogP contribution < -0.4 is 0 Å². The van der Waals surface area contributed by atoms with Crippen molar-refractivity contribution < 1.29 is 13.4 Å². The predicted molar refractivity (Wildman–Crippen MR) is 19.5 cm³/mol. The van der Waals surface area contributed by atoms with E-state index >= 15 is 0 Å². The molecule has 0 heterocycles. The van der Waals surface area contributed by atoms with Crippen molar-refractivity contribution in [2.24, 2.45) is 0 Å². The fourth-order valence-electron chi connectivity index (χ4n) is 0. The summed E-state index contributed by atoms with van der Waals surface area (Å²) in [6, 6.07) is 0. The molecule has 0 saturated heterocycles. The number of hydrogen-bond acceptors (Lipinski definition) is 1. The summed E-state index contributed by atoms with van der Waals surface area (Å²) >= 11 is -1.50. The maximum absolute atomic E-state index is 8.57. The first-order valence-corrected chi connectivity index (χ1v) is 1.48. The van der Waals surface area contributed by atoms with Crippen molar-refractivity contribution >= 4 is 27.9 Å². The van der Waals surface area contributed by atoms with Gasteiger partial charge >= 0.3 is 23.4 Å². The van der Waals surface area contributed by atoms with Crippen LogP contribution in [0.2, 0.25) is 0 Å². The predicted octanol–water partition coefficient (Wildman–Crippen LogP) is -1.46. The summed E-state index contributed by atoms with van der Waals surface area (Å²) in [5.41, 5.74) is 0. The number of rotatable bonds is 0. The van der Waals surface area contributed by atoms with Crippen LogP contribution in [0.4, 0.5) is 0 Å². The quantitative estimate of drug-likeness (QED) is 0.391. The summed E-state index contributed by atoms with van der Waals surface area (Å²) < 4.78 is 15.7. The van der Waals surface area contributed by atoms with E-state index in [9.17, 15) is 0 Å². The normalized spacial score (nSPS) is 1.60. The zero-order valence-corrected chi connectivity index (χ0v) is 4.31. The molecule has 0 aromatic rings. The summed E-state index contributed by atoms with van der Waals surface area (Å²) in [7, 11) is 0. The zero-order valence-electron chi connectivity index (χ0n) is 2.34. The standard InChI is InChI=1S/Al.ClH.2H2O.O/h;1H;2*1H2;/q+1;;;;/p-1. The molecule has 0 amide bonds. The molecular weight excluding hydrogens is 110 g/mol. The summed E-state index contributed by atoms with van der Waals surface area (Å²) in [5.74, 6) is 0. The molecule has 0 aromatic carbocycles. The van der Waals surface area contributed by atoms with Crippen LogP contribution in [0.5, 0.6) is 0 Å². The van der Waals surface area contributed by atoms with Crippen molar-refractivity contribution in [3.63, 3.8) is 0 Å². The minimum absolute atomic E-state index is 0. The van der Waals surface area contributed by atoms with E-state index in [4.69, 9.17) is 7.96 Å². The molecule has 32 valence electrons. The first-order chi connectivity index (χ1) is 1.41. The van der Waals surface area contributed by atoms with Gasteiger partial charge in [0.15, 0.2) is 0 Å². The molecule has 0 aliphatic carbocycles. The maximum atomic E-state index is 8.57. The van der Waals surface area contributed by atoms with E-state index in [2.05, 4.69) is 0 Å². The van der Waals surface area contributed by atoms with Crippen molar-refractivity contribution in [3.05, 3.63) is 0 Å². The summed E-state index contributed by atoms with van der Waals surface area (Å²) in [6.07, 6.45) is 0. The average Bonchev–Trinajstić information content (AvgIpc) is 0.918. The van der Waals surface area contributed by atoms with Gasteiger partial charge in [0.2, 0.25) is 0 Å². The molecule has 0 rings (SSSR count). The van der Waals surface area contributed by atoms with E-state index in [1.807, 2.05) is 0 Å².